The van der Waals surface area contributed by atoms with Gasteiger partial charge in [0.25, 0.3) is 11.6 Å². The molecule has 6 nitrogen and oxygen atoms in total. The van der Waals surface area contributed by atoms with Crippen molar-refractivity contribution in [2.75, 3.05) is 13.1 Å². The van der Waals surface area contributed by atoms with Crippen molar-refractivity contribution in [3.05, 3.63) is 38.9 Å². The van der Waals surface area contributed by atoms with E-state index in [0.29, 0.717) is 6.54 Å². The Morgan fingerprint density at radius 1 is 1.50 bits per heavy atom. The van der Waals surface area contributed by atoms with Gasteiger partial charge in [0, 0.05) is 35.3 Å². The van der Waals surface area contributed by atoms with Crippen LogP contribution in [-0.4, -0.2) is 30.0 Å². The topological polar surface area (TPSA) is 84.3 Å². The highest BCUT2D eigenvalue weighted by molar-refractivity contribution is 6.31. The number of benzene rings is 1. The first kappa shape index (κ1) is 12.8. The van der Waals surface area contributed by atoms with Crippen molar-refractivity contribution in [3.8, 4) is 0 Å². The molecule has 0 bridgehead atoms. The Bertz CT molecular complexity index is 486. The third-order valence-electron chi connectivity index (χ3n) is 2.75. The molecule has 0 radical (unpaired) electrons. The molecule has 0 aromatic heterocycles. The van der Waals surface area contributed by atoms with Crippen LogP contribution in [0, 0.1) is 10.1 Å². The van der Waals surface area contributed by atoms with E-state index in [1.807, 2.05) is 0 Å². The van der Waals surface area contributed by atoms with Gasteiger partial charge in [-0.3, -0.25) is 14.9 Å². The lowest BCUT2D eigenvalue weighted by atomic mass is 10.1. The molecular weight excluding hydrogens is 258 g/mol. The fourth-order valence-electron chi connectivity index (χ4n) is 1.86. The van der Waals surface area contributed by atoms with Gasteiger partial charge in [-0.15, -0.1) is 0 Å². The van der Waals surface area contributed by atoms with E-state index in [9.17, 15) is 14.9 Å². The average molecular weight is 270 g/mol. The van der Waals surface area contributed by atoms with E-state index in [0.717, 1.165) is 13.0 Å². The quantitative estimate of drug-likeness (QED) is 0.641. The zero-order valence-electron chi connectivity index (χ0n) is 9.48. The molecule has 18 heavy (non-hydrogen) atoms. The van der Waals surface area contributed by atoms with E-state index >= 15 is 0 Å². The Morgan fingerprint density at radius 3 is 2.89 bits per heavy atom. The van der Waals surface area contributed by atoms with E-state index in [4.69, 9.17) is 11.6 Å². The van der Waals surface area contributed by atoms with E-state index < -0.39 is 4.92 Å². The summed E-state index contributed by atoms with van der Waals surface area (Å²) in [5.74, 6) is -0.339. The van der Waals surface area contributed by atoms with Crippen molar-refractivity contribution >= 4 is 23.2 Å². The minimum atomic E-state index is -0.570. The lowest BCUT2D eigenvalue weighted by molar-refractivity contribution is -0.384. The summed E-state index contributed by atoms with van der Waals surface area (Å²) in [5, 5.41) is 16.8. The van der Waals surface area contributed by atoms with Crippen LogP contribution >= 0.6 is 11.6 Å². The maximum Gasteiger partial charge on any atom is 0.271 e. The molecule has 0 spiro atoms. The zero-order valence-corrected chi connectivity index (χ0v) is 10.2. The summed E-state index contributed by atoms with van der Waals surface area (Å²) in [6, 6.07) is 3.93. The fraction of sp³-hybridized carbons (Fsp3) is 0.364. The lowest BCUT2D eigenvalue weighted by Gasteiger charge is -2.11. The van der Waals surface area contributed by atoms with Gasteiger partial charge in [0.05, 0.1) is 4.92 Å². The number of amides is 1. The molecule has 1 fully saturated rings. The van der Waals surface area contributed by atoms with Crippen LogP contribution in [0.5, 0.6) is 0 Å². The van der Waals surface area contributed by atoms with Crippen molar-refractivity contribution in [1.82, 2.24) is 10.6 Å². The van der Waals surface area contributed by atoms with Crippen LogP contribution < -0.4 is 10.6 Å². The highest BCUT2D eigenvalue weighted by atomic mass is 35.5. The first-order chi connectivity index (χ1) is 8.56. The molecule has 1 aliphatic heterocycles. The van der Waals surface area contributed by atoms with Gasteiger partial charge in [-0.2, -0.15) is 0 Å². The van der Waals surface area contributed by atoms with Crippen molar-refractivity contribution < 1.29 is 9.72 Å². The Hall–Kier alpha value is -1.66. The Kier molecular flexibility index (Phi) is 3.78. The first-order valence-corrected chi connectivity index (χ1v) is 5.90. The molecule has 1 aromatic carbocycles. The van der Waals surface area contributed by atoms with Crippen molar-refractivity contribution in [1.29, 1.82) is 0 Å². The molecule has 7 heteroatoms. The van der Waals surface area contributed by atoms with Crippen LogP contribution in [0.4, 0.5) is 5.69 Å². The van der Waals surface area contributed by atoms with Crippen molar-refractivity contribution in [2.24, 2.45) is 0 Å². The largest absolute Gasteiger partial charge is 0.348 e. The van der Waals surface area contributed by atoms with Gasteiger partial charge in [-0.25, -0.2) is 0 Å². The second-order valence-electron chi connectivity index (χ2n) is 4.12. The summed E-state index contributed by atoms with van der Waals surface area (Å²) >= 11 is 5.76. The van der Waals surface area contributed by atoms with E-state index in [1.54, 1.807) is 0 Å². The normalized spacial score (nSPS) is 18.6. The minimum Gasteiger partial charge on any atom is -0.348 e. The molecule has 1 amide bonds. The molecule has 0 saturated carbocycles. The van der Waals surface area contributed by atoms with Gasteiger partial charge in [-0.05, 0) is 19.0 Å². The molecule has 96 valence electrons. The van der Waals surface area contributed by atoms with Gasteiger partial charge in [0.2, 0.25) is 0 Å². The molecular formula is C11H12ClN3O3. The number of hydrogen-bond acceptors (Lipinski definition) is 4. The van der Waals surface area contributed by atoms with Gasteiger partial charge < -0.3 is 10.6 Å². The number of nitrogens with one attached hydrogen (secondary N) is 2. The standard InChI is InChI=1S/C11H12ClN3O3/c12-8-3-7(4-10(5-8)15(17)18)11(16)14-9-1-2-13-6-9/h3-5,9,13H,1-2,6H2,(H,14,16)/t9-/m1/s1. The average Bonchev–Trinajstić information content (AvgIpc) is 2.80. The van der Waals surface area contributed by atoms with Crippen LogP contribution in [-0.2, 0) is 0 Å². The molecule has 1 atom stereocenters. The molecule has 1 aromatic rings. The molecule has 1 heterocycles. The molecule has 0 unspecified atom stereocenters. The molecule has 1 aliphatic rings. The fourth-order valence-corrected chi connectivity index (χ4v) is 2.09. The maximum absolute atomic E-state index is 11.9. The summed E-state index contributed by atoms with van der Waals surface area (Å²) in [5.41, 5.74) is 0.0262. The number of hydrogen-bond donors (Lipinski definition) is 2. The van der Waals surface area contributed by atoms with Crippen LogP contribution in [0.15, 0.2) is 18.2 Å². The number of nitrogens with zero attached hydrogens (tertiary/aromatic N) is 1. The Balaban J connectivity index is 2.16. The summed E-state index contributed by atoms with van der Waals surface area (Å²) in [6.45, 7) is 1.58. The van der Waals surface area contributed by atoms with Crippen LogP contribution in [0.3, 0.4) is 0 Å². The maximum atomic E-state index is 11.9. The lowest BCUT2D eigenvalue weighted by Crippen LogP contribution is -2.36. The summed E-state index contributed by atoms with van der Waals surface area (Å²) < 4.78 is 0. The van der Waals surface area contributed by atoms with Crippen molar-refractivity contribution in [2.45, 2.75) is 12.5 Å². The highest BCUT2D eigenvalue weighted by Gasteiger charge is 2.19. The number of carbonyl (C=O) groups is 1. The number of non-ortho nitro benzene ring substituents is 1. The van der Waals surface area contributed by atoms with Crippen LogP contribution in [0.2, 0.25) is 5.02 Å². The van der Waals surface area contributed by atoms with Gasteiger partial charge in [0.1, 0.15) is 0 Å². The number of nitro benzene ring substituents is 1. The van der Waals surface area contributed by atoms with Gasteiger partial charge in [0.15, 0.2) is 0 Å². The van der Waals surface area contributed by atoms with Gasteiger partial charge >= 0.3 is 0 Å². The summed E-state index contributed by atoms with van der Waals surface area (Å²) in [4.78, 5) is 22.0. The molecule has 1 saturated heterocycles. The second-order valence-corrected chi connectivity index (χ2v) is 4.55. The monoisotopic (exact) mass is 269 g/mol. The molecule has 2 rings (SSSR count). The predicted molar refractivity (Wildman–Crippen MR) is 66.8 cm³/mol. The van der Waals surface area contributed by atoms with E-state index in [1.165, 1.54) is 18.2 Å². The molecule has 2 N–H and O–H groups in total. The third-order valence-corrected chi connectivity index (χ3v) is 2.97. The number of halogens is 1. The zero-order chi connectivity index (χ0) is 13.1. The smallest absolute Gasteiger partial charge is 0.271 e. The van der Waals surface area contributed by atoms with Crippen molar-refractivity contribution in [3.63, 3.8) is 0 Å². The number of carbonyl (C=O) groups excluding carboxylic acids is 1. The Labute approximate surface area is 108 Å². The number of nitro groups is 1. The highest BCUT2D eigenvalue weighted by Crippen LogP contribution is 2.21. The van der Waals surface area contributed by atoms with E-state index in [2.05, 4.69) is 10.6 Å². The molecule has 0 aliphatic carbocycles. The first-order valence-electron chi connectivity index (χ1n) is 5.53. The van der Waals surface area contributed by atoms with E-state index in [-0.39, 0.29) is 28.2 Å². The van der Waals surface area contributed by atoms with Crippen LogP contribution in [0.25, 0.3) is 0 Å². The summed E-state index contributed by atoms with van der Waals surface area (Å²) in [7, 11) is 0. The predicted octanol–water partition coefficient (Wildman–Crippen LogP) is 1.34. The third kappa shape index (κ3) is 2.96. The summed E-state index contributed by atoms with van der Waals surface area (Å²) in [6.07, 6.45) is 0.856. The van der Waals surface area contributed by atoms with Gasteiger partial charge in [-0.1, -0.05) is 11.6 Å². The van der Waals surface area contributed by atoms with Crippen LogP contribution in [0.1, 0.15) is 16.8 Å². The number of rotatable bonds is 3. The Morgan fingerprint density at radius 2 is 2.28 bits per heavy atom. The SMILES string of the molecule is O=C(N[C@@H]1CCNC1)c1cc(Cl)cc([N+](=O)[O-])c1. The minimum absolute atomic E-state index is 0.0653. The second kappa shape index (κ2) is 5.32.